The van der Waals surface area contributed by atoms with E-state index in [4.69, 9.17) is 0 Å². The van der Waals surface area contributed by atoms with E-state index >= 15 is 0 Å². The molecule has 2 heterocycles. The number of benzene rings is 1. The van der Waals surface area contributed by atoms with E-state index in [9.17, 15) is 0 Å². The lowest BCUT2D eigenvalue weighted by Crippen LogP contribution is -2.13. The van der Waals surface area contributed by atoms with Crippen molar-refractivity contribution in [2.75, 3.05) is 31.4 Å². The molecule has 6 nitrogen and oxygen atoms in total. The van der Waals surface area contributed by atoms with Crippen molar-refractivity contribution in [3.63, 3.8) is 0 Å². The first kappa shape index (κ1) is 14.3. The Morgan fingerprint density at radius 3 is 2.50 bits per heavy atom. The quantitative estimate of drug-likeness (QED) is 0.800. The molecule has 1 aromatic carbocycles. The second kappa shape index (κ2) is 5.63. The van der Waals surface area contributed by atoms with Crippen molar-refractivity contribution in [3.8, 4) is 0 Å². The highest BCUT2D eigenvalue weighted by atomic mass is 15.2. The fraction of sp³-hybridized carbons (Fsp3) is 0.312. The minimum Gasteiger partial charge on any atom is -0.361 e. The lowest BCUT2D eigenvalue weighted by molar-refractivity contribution is 0.813. The molecule has 22 heavy (non-hydrogen) atoms. The van der Waals surface area contributed by atoms with E-state index in [0.717, 1.165) is 23.5 Å². The summed E-state index contributed by atoms with van der Waals surface area (Å²) in [6.07, 6.45) is 1.83. The van der Waals surface area contributed by atoms with E-state index in [-0.39, 0.29) is 0 Å². The Morgan fingerprint density at radius 1 is 1.14 bits per heavy atom. The maximum Gasteiger partial charge on any atom is 0.226 e. The van der Waals surface area contributed by atoms with Gasteiger partial charge in [0.2, 0.25) is 5.95 Å². The van der Waals surface area contributed by atoms with Crippen molar-refractivity contribution in [1.82, 2.24) is 19.5 Å². The standard InChI is InChI=1S/C16H20N6/c1-11-5-7-12(8-6-11)9-22-10-18-13-14(21(3)4)19-16(17-2)20-15(13)22/h5-8,10H,9H2,1-4H3,(H,17,19,20). The first-order valence-corrected chi connectivity index (χ1v) is 7.22. The number of anilines is 2. The van der Waals surface area contributed by atoms with Gasteiger partial charge in [-0.15, -0.1) is 0 Å². The summed E-state index contributed by atoms with van der Waals surface area (Å²) in [5, 5.41) is 3.01. The fourth-order valence-electron chi connectivity index (χ4n) is 2.36. The minimum atomic E-state index is 0.599. The Hall–Kier alpha value is -2.63. The maximum atomic E-state index is 4.56. The van der Waals surface area contributed by atoms with Crippen LogP contribution in [0.2, 0.25) is 0 Å². The summed E-state index contributed by atoms with van der Waals surface area (Å²) in [5.74, 6) is 1.42. The molecule has 0 amide bonds. The van der Waals surface area contributed by atoms with Crippen LogP contribution in [0.3, 0.4) is 0 Å². The molecule has 0 saturated heterocycles. The van der Waals surface area contributed by atoms with Crippen LogP contribution in [-0.2, 0) is 6.54 Å². The molecular weight excluding hydrogens is 276 g/mol. The van der Waals surface area contributed by atoms with Crippen LogP contribution >= 0.6 is 0 Å². The summed E-state index contributed by atoms with van der Waals surface area (Å²) in [6.45, 7) is 2.83. The van der Waals surface area contributed by atoms with Crippen molar-refractivity contribution >= 4 is 22.9 Å². The number of hydrogen-bond donors (Lipinski definition) is 1. The van der Waals surface area contributed by atoms with Crippen molar-refractivity contribution in [2.24, 2.45) is 0 Å². The zero-order valence-corrected chi connectivity index (χ0v) is 13.3. The average Bonchev–Trinajstić information content (AvgIpc) is 2.91. The number of imidazole rings is 1. The van der Waals surface area contributed by atoms with Crippen molar-refractivity contribution in [2.45, 2.75) is 13.5 Å². The van der Waals surface area contributed by atoms with Gasteiger partial charge in [0.05, 0.1) is 12.9 Å². The minimum absolute atomic E-state index is 0.599. The number of rotatable bonds is 4. The Morgan fingerprint density at radius 2 is 1.86 bits per heavy atom. The van der Waals surface area contributed by atoms with Crippen LogP contribution in [0.15, 0.2) is 30.6 Å². The molecule has 0 spiro atoms. The topological polar surface area (TPSA) is 58.9 Å². The summed E-state index contributed by atoms with van der Waals surface area (Å²) in [6, 6.07) is 8.50. The zero-order valence-electron chi connectivity index (χ0n) is 13.3. The van der Waals surface area contributed by atoms with Gasteiger partial charge in [-0.2, -0.15) is 9.97 Å². The van der Waals surface area contributed by atoms with Gasteiger partial charge in [0.25, 0.3) is 0 Å². The van der Waals surface area contributed by atoms with E-state index < -0.39 is 0 Å². The monoisotopic (exact) mass is 296 g/mol. The molecule has 114 valence electrons. The van der Waals surface area contributed by atoms with Crippen LogP contribution in [0, 0.1) is 6.92 Å². The van der Waals surface area contributed by atoms with E-state index in [2.05, 4.69) is 56.0 Å². The molecule has 0 aliphatic rings. The predicted molar refractivity (Wildman–Crippen MR) is 89.5 cm³/mol. The number of aromatic nitrogens is 4. The normalized spacial score (nSPS) is 10.9. The molecule has 3 rings (SSSR count). The number of fused-ring (bicyclic) bond motifs is 1. The van der Waals surface area contributed by atoms with Crippen molar-refractivity contribution < 1.29 is 0 Å². The van der Waals surface area contributed by atoms with E-state index in [1.807, 2.05) is 32.4 Å². The lowest BCUT2D eigenvalue weighted by atomic mass is 10.1. The first-order valence-electron chi connectivity index (χ1n) is 7.22. The summed E-state index contributed by atoms with van der Waals surface area (Å²) in [4.78, 5) is 15.5. The second-order valence-corrected chi connectivity index (χ2v) is 5.55. The smallest absolute Gasteiger partial charge is 0.226 e. The first-order chi connectivity index (χ1) is 10.6. The molecule has 0 bridgehead atoms. The molecule has 1 N–H and O–H groups in total. The molecule has 0 saturated carbocycles. The molecule has 6 heteroatoms. The van der Waals surface area contributed by atoms with Gasteiger partial charge in [-0.05, 0) is 12.5 Å². The number of nitrogens with zero attached hydrogens (tertiary/aromatic N) is 5. The molecule has 0 atom stereocenters. The van der Waals surface area contributed by atoms with Crippen LogP contribution in [-0.4, -0.2) is 40.7 Å². The third-order valence-electron chi connectivity index (χ3n) is 3.57. The van der Waals surface area contributed by atoms with E-state index in [0.29, 0.717) is 5.95 Å². The number of nitrogens with one attached hydrogen (secondary N) is 1. The van der Waals surface area contributed by atoms with Gasteiger partial charge in [-0.1, -0.05) is 29.8 Å². The highest BCUT2D eigenvalue weighted by Crippen LogP contribution is 2.23. The largest absolute Gasteiger partial charge is 0.361 e. The van der Waals surface area contributed by atoms with Gasteiger partial charge >= 0.3 is 0 Å². The fourth-order valence-corrected chi connectivity index (χ4v) is 2.36. The van der Waals surface area contributed by atoms with Crippen LogP contribution in [0.1, 0.15) is 11.1 Å². The highest BCUT2D eigenvalue weighted by molar-refractivity contribution is 5.84. The third kappa shape index (κ3) is 2.59. The summed E-state index contributed by atoms with van der Waals surface area (Å²) >= 11 is 0. The summed E-state index contributed by atoms with van der Waals surface area (Å²) in [7, 11) is 5.74. The van der Waals surface area contributed by atoms with Gasteiger partial charge in [0.1, 0.15) is 0 Å². The Labute approximate surface area is 129 Å². The SMILES string of the molecule is CNc1nc(N(C)C)c2ncn(Cc3ccc(C)cc3)c2n1. The van der Waals surface area contributed by atoms with Gasteiger partial charge in [-0.3, -0.25) is 0 Å². The van der Waals surface area contributed by atoms with Gasteiger partial charge < -0.3 is 14.8 Å². The number of hydrogen-bond acceptors (Lipinski definition) is 5. The van der Waals surface area contributed by atoms with Crippen LogP contribution < -0.4 is 10.2 Å². The average molecular weight is 296 g/mol. The summed E-state index contributed by atoms with van der Waals surface area (Å²) in [5.41, 5.74) is 4.13. The molecule has 0 aliphatic heterocycles. The molecular formula is C16H20N6. The van der Waals surface area contributed by atoms with E-state index in [1.54, 1.807) is 0 Å². The molecule has 3 aromatic rings. The highest BCUT2D eigenvalue weighted by Gasteiger charge is 2.14. The van der Waals surface area contributed by atoms with E-state index in [1.165, 1.54) is 11.1 Å². The third-order valence-corrected chi connectivity index (χ3v) is 3.57. The van der Waals surface area contributed by atoms with Gasteiger partial charge in [-0.25, -0.2) is 4.98 Å². The Kier molecular flexibility index (Phi) is 3.66. The Balaban J connectivity index is 2.07. The molecule has 0 unspecified atom stereocenters. The molecule has 2 aromatic heterocycles. The zero-order chi connectivity index (χ0) is 15.7. The molecule has 0 aliphatic carbocycles. The maximum absolute atomic E-state index is 4.56. The van der Waals surface area contributed by atoms with Crippen molar-refractivity contribution in [1.29, 1.82) is 0 Å². The lowest BCUT2D eigenvalue weighted by Gasteiger charge is -2.13. The summed E-state index contributed by atoms with van der Waals surface area (Å²) < 4.78 is 2.05. The molecule has 0 radical (unpaired) electrons. The van der Waals surface area contributed by atoms with Crippen LogP contribution in [0.5, 0.6) is 0 Å². The van der Waals surface area contributed by atoms with Crippen molar-refractivity contribution in [3.05, 3.63) is 41.7 Å². The van der Waals surface area contributed by atoms with Gasteiger partial charge in [0, 0.05) is 21.1 Å². The second-order valence-electron chi connectivity index (χ2n) is 5.55. The van der Waals surface area contributed by atoms with Crippen LogP contribution in [0.4, 0.5) is 11.8 Å². The number of aryl methyl sites for hydroxylation is 1. The predicted octanol–water partition coefficient (Wildman–Crippen LogP) is 2.29. The Bertz CT molecular complexity index is 788. The van der Waals surface area contributed by atoms with Crippen LogP contribution in [0.25, 0.3) is 11.2 Å². The molecule has 0 fully saturated rings. The van der Waals surface area contributed by atoms with Gasteiger partial charge in [0.15, 0.2) is 17.0 Å².